The van der Waals surface area contributed by atoms with E-state index in [0.717, 1.165) is 12.2 Å². The fourth-order valence-corrected chi connectivity index (χ4v) is 0.418. The SMILES string of the molecule is FC(F)(F)C1=CC=[C][N]1. The second-order valence-corrected chi connectivity index (χ2v) is 1.46. The van der Waals surface area contributed by atoms with E-state index in [1.165, 1.54) is 0 Å². The van der Waals surface area contributed by atoms with Crippen molar-refractivity contribution in [2.75, 3.05) is 0 Å². The Labute approximate surface area is 49.9 Å². The zero-order valence-corrected chi connectivity index (χ0v) is 4.24. The van der Waals surface area contributed by atoms with Gasteiger partial charge in [-0.3, -0.25) is 0 Å². The van der Waals surface area contributed by atoms with Gasteiger partial charge in [0.05, 0.1) is 6.20 Å². The van der Waals surface area contributed by atoms with Gasteiger partial charge in [0, 0.05) is 0 Å². The van der Waals surface area contributed by atoms with Gasteiger partial charge in [-0.2, -0.15) is 13.2 Å². The van der Waals surface area contributed by atoms with E-state index >= 15 is 0 Å². The molecule has 1 aliphatic heterocycles. The molecule has 48 valence electrons. The molecule has 1 nitrogen and oxygen atoms in total. The topological polar surface area (TPSA) is 14.1 Å². The Morgan fingerprint density at radius 1 is 1.44 bits per heavy atom. The van der Waals surface area contributed by atoms with Crippen molar-refractivity contribution in [2.24, 2.45) is 0 Å². The van der Waals surface area contributed by atoms with Crippen LogP contribution in [0.25, 0.3) is 0 Å². The predicted octanol–water partition coefficient (Wildman–Crippen LogP) is 1.37. The molecule has 0 aliphatic carbocycles. The van der Waals surface area contributed by atoms with Crippen LogP contribution in [0.5, 0.6) is 0 Å². The number of halogens is 3. The van der Waals surface area contributed by atoms with Gasteiger partial charge in [-0.25, -0.2) is 5.32 Å². The van der Waals surface area contributed by atoms with E-state index in [9.17, 15) is 13.2 Å². The number of rotatable bonds is 0. The first-order valence-electron chi connectivity index (χ1n) is 2.17. The summed E-state index contributed by atoms with van der Waals surface area (Å²) >= 11 is 0. The summed E-state index contributed by atoms with van der Waals surface area (Å²) in [5.41, 5.74) is -0.887. The van der Waals surface area contributed by atoms with Gasteiger partial charge < -0.3 is 0 Å². The molecule has 0 spiro atoms. The molecule has 0 unspecified atom stereocenters. The van der Waals surface area contributed by atoms with Crippen LogP contribution in [0, 0.1) is 6.20 Å². The van der Waals surface area contributed by atoms with Crippen LogP contribution >= 0.6 is 0 Å². The van der Waals surface area contributed by atoms with E-state index in [-0.39, 0.29) is 0 Å². The van der Waals surface area contributed by atoms with Gasteiger partial charge in [-0.1, -0.05) is 0 Å². The second-order valence-electron chi connectivity index (χ2n) is 1.46. The fourth-order valence-electron chi connectivity index (χ4n) is 0.418. The fraction of sp³-hybridized carbons (Fsp3) is 0.200. The summed E-state index contributed by atoms with van der Waals surface area (Å²) in [7, 11) is 0. The highest BCUT2D eigenvalue weighted by Crippen LogP contribution is 2.25. The third kappa shape index (κ3) is 1.25. The Morgan fingerprint density at radius 2 is 2.11 bits per heavy atom. The minimum Gasteiger partial charge on any atom is -0.242 e. The molecule has 0 atom stereocenters. The average Bonchev–Trinajstić information content (AvgIpc) is 2.08. The van der Waals surface area contributed by atoms with Gasteiger partial charge in [0.2, 0.25) is 0 Å². The molecule has 4 heteroatoms. The maximum Gasteiger partial charge on any atom is 0.433 e. The molecule has 0 saturated carbocycles. The number of allylic oxidation sites excluding steroid dienone is 3. The van der Waals surface area contributed by atoms with E-state index < -0.39 is 11.9 Å². The van der Waals surface area contributed by atoms with Crippen molar-refractivity contribution in [3.8, 4) is 0 Å². The zero-order chi connectivity index (χ0) is 6.91. The number of hydrogen-bond donors (Lipinski definition) is 0. The van der Waals surface area contributed by atoms with Crippen LogP contribution in [-0.4, -0.2) is 6.18 Å². The van der Waals surface area contributed by atoms with E-state index in [1.54, 1.807) is 0 Å². The molecule has 0 aromatic heterocycles. The molecule has 1 aliphatic rings. The Bertz CT molecular complexity index is 166. The third-order valence-corrected chi connectivity index (χ3v) is 0.791. The van der Waals surface area contributed by atoms with Crippen LogP contribution in [0.2, 0.25) is 0 Å². The van der Waals surface area contributed by atoms with Crippen molar-refractivity contribution in [3.05, 3.63) is 24.0 Å². The molecule has 0 aromatic carbocycles. The van der Waals surface area contributed by atoms with Gasteiger partial charge in [-0.15, -0.1) is 0 Å². The predicted molar refractivity (Wildman–Crippen MR) is 24.1 cm³/mol. The van der Waals surface area contributed by atoms with Crippen molar-refractivity contribution in [1.82, 2.24) is 5.32 Å². The lowest BCUT2D eigenvalue weighted by Crippen LogP contribution is -2.15. The van der Waals surface area contributed by atoms with Gasteiger partial charge in [-0.05, 0) is 12.2 Å². The van der Waals surface area contributed by atoms with E-state index in [2.05, 4.69) is 11.5 Å². The average molecular weight is 133 g/mol. The van der Waals surface area contributed by atoms with Gasteiger partial charge in [0.25, 0.3) is 0 Å². The third-order valence-electron chi connectivity index (χ3n) is 0.791. The molecule has 0 saturated heterocycles. The summed E-state index contributed by atoms with van der Waals surface area (Å²) in [5, 5.41) is 2.94. The van der Waals surface area contributed by atoms with Crippen molar-refractivity contribution in [3.63, 3.8) is 0 Å². The molecule has 0 bridgehead atoms. The summed E-state index contributed by atoms with van der Waals surface area (Å²) in [6.07, 6.45) is -0.250. The zero-order valence-electron chi connectivity index (χ0n) is 4.24. The highest BCUT2D eigenvalue weighted by atomic mass is 19.4. The highest BCUT2D eigenvalue weighted by Gasteiger charge is 2.35. The lowest BCUT2D eigenvalue weighted by molar-refractivity contribution is -0.0955. The Kier molecular flexibility index (Phi) is 1.23. The minimum atomic E-state index is -4.32. The standard InChI is InChI=1S/C5H2F3N/c6-5(7,8)4-2-1-3-9-4/h1-2H. The first-order chi connectivity index (χ1) is 4.11. The summed E-state index contributed by atoms with van der Waals surface area (Å²) in [6.45, 7) is 0. The quantitative estimate of drug-likeness (QED) is 0.473. The molecule has 0 fully saturated rings. The smallest absolute Gasteiger partial charge is 0.242 e. The van der Waals surface area contributed by atoms with Crippen LogP contribution in [-0.2, 0) is 0 Å². The number of hydrogen-bond acceptors (Lipinski definition) is 0. The minimum absolute atomic E-state index is 0.875. The van der Waals surface area contributed by atoms with Crippen LogP contribution in [0.15, 0.2) is 17.8 Å². The molecule has 0 N–H and O–H groups in total. The lowest BCUT2D eigenvalue weighted by atomic mass is 10.4. The first kappa shape index (κ1) is 6.19. The molecule has 0 aromatic rings. The molecular formula is C5H2F3N. The van der Waals surface area contributed by atoms with Crippen LogP contribution < -0.4 is 5.32 Å². The summed E-state index contributed by atoms with van der Waals surface area (Å²) in [6, 6.07) is 0. The van der Waals surface area contributed by atoms with Gasteiger partial charge in [0.1, 0.15) is 5.70 Å². The van der Waals surface area contributed by atoms with Crippen molar-refractivity contribution in [1.29, 1.82) is 0 Å². The first-order valence-corrected chi connectivity index (χ1v) is 2.17. The number of nitrogens with zero attached hydrogens (tertiary/aromatic N) is 1. The van der Waals surface area contributed by atoms with Crippen LogP contribution in [0.3, 0.4) is 0 Å². The molecular weight excluding hydrogens is 131 g/mol. The molecule has 1 heterocycles. The molecule has 1 rings (SSSR count). The largest absolute Gasteiger partial charge is 0.433 e. The molecule has 2 radical (unpaired) electrons. The molecule has 9 heavy (non-hydrogen) atoms. The summed E-state index contributed by atoms with van der Waals surface area (Å²) < 4.78 is 34.6. The number of alkyl halides is 3. The highest BCUT2D eigenvalue weighted by molar-refractivity contribution is 5.20. The maximum atomic E-state index is 11.5. The maximum absolute atomic E-state index is 11.5. The monoisotopic (exact) mass is 133 g/mol. The van der Waals surface area contributed by atoms with Crippen LogP contribution in [0.4, 0.5) is 13.2 Å². The van der Waals surface area contributed by atoms with E-state index in [1.807, 2.05) is 0 Å². The van der Waals surface area contributed by atoms with E-state index in [4.69, 9.17) is 0 Å². The van der Waals surface area contributed by atoms with Crippen molar-refractivity contribution >= 4 is 0 Å². The lowest BCUT2D eigenvalue weighted by Gasteiger charge is -2.03. The normalized spacial score (nSPS) is 17.4. The van der Waals surface area contributed by atoms with Crippen molar-refractivity contribution in [2.45, 2.75) is 6.18 Å². The van der Waals surface area contributed by atoms with Crippen LogP contribution in [0.1, 0.15) is 0 Å². The Hall–Kier alpha value is -0.930. The Morgan fingerprint density at radius 3 is 2.33 bits per heavy atom. The molecule has 0 amide bonds. The van der Waals surface area contributed by atoms with Crippen molar-refractivity contribution < 1.29 is 13.2 Å². The summed E-state index contributed by atoms with van der Waals surface area (Å²) in [4.78, 5) is 0. The summed E-state index contributed by atoms with van der Waals surface area (Å²) in [5.74, 6) is 0. The van der Waals surface area contributed by atoms with Gasteiger partial charge >= 0.3 is 6.18 Å². The Balaban J connectivity index is 2.66. The van der Waals surface area contributed by atoms with E-state index in [0.29, 0.717) is 0 Å². The van der Waals surface area contributed by atoms with Gasteiger partial charge in [0.15, 0.2) is 0 Å². The second kappa shape index (κ2) is 1.79.